The van der Waals surface area contributed by atoms with E-state index < -0.39 is 0 Å². The van der Waals surface area contributed by atoms with E-state index in [-0.39, 0.29) is 0 Å². The summed E-state index contributed by atoms with van der Waals surface area (Å²) in [6, 6.07) is 8.50. The molecule has 2 N–H and O–H groups in total. The first-order chi connectivity index (χ1) is 7.13. The van der Waals surface area contributed by atoms with E-state index in [0.717, 1.165) is 18.1 Å². The van der Waals surface area contributed by atoms with Gasteiger partial charge < -0.3 is 5.73 Å². The molecule has 0 bridgehead atoms. The molecular weight excluding hydrogens is 208 g/mol. The van der Waals surface area contributed by atoms with Crippen LogP contribution < -0.4 is 5.73 Å². The van der Waals surface area contributed by atoms with Gasteiger partial charge in [-0.25, -0.2) is 0 Å². The van der Waals surface area contributed by atoms with E-state index >= 15 is 0 Å². The van der Waals surface area contributed by atoms with E-state index in [1.54, 1.807) is 0 Å². The fourth-order valence-electron chi connectivity index (χ4n) is 1.51. The van der Waals surface area contributed by atoms with E-state index in [0.29, 0.717) is 12.6 Å². The van der Waals surface area contributed by atoms with Crippen LogP contribution in [-0.4, -0.2) is 24.0 Å². The van der Waals surface area contributed by atoms with Crippen LogP contribution in [0.1, 0.15) is 19.4 Å². The van der Waals surface area contributed by atoms with Gasteiger partial charge in [0.2, 0.25) is 0 Å². The Labute approximate surface area is 97.0 Å². The molecule has 0 heterocycles. The Balaban J connectivity index is 2.61. The minimum Gasteiger partial charge on any atom is -0.329 e. The summed E-state index contributed by atoms with van der Waals surface area (Å²) in [6.45, 7) is 6.94. The van der Waals surface area contributed by atoms with Crippen LogP contribution in [0.25, 0.3) is 0 Å². The molecule has 3 heteroatoms. The summed E-state index contributed by atoms with van der Waals surface area (Å²) >= 11 is 5.84. The zero-order valence-corrected chi connectivity index (χ0v) is 10.2. The smallest absolute Gasteiger partial charge is 0.0406 e. The van der Waals surface area contributed by atoms with Crippen molar-refractivity contribution in [1.29, 1.82) is 0 Å². The average molecular weight is 227 g/mol. The molecule has 0 saturated carbocycles. The van der Waals surface area contributed by atoms with Crippen molar-refractivity contribution in [1.82, 2.24) is 4.90 Å². The van der Waals surface area contributed by atoms with E-state index in [4.69, 9.17) is 17.3 Å². The van der Waals surface area contributed by atoms with Crippen molar-refractivity contribution in [2.45, 2.75) is 26.4 Å². The first kappa shape index (κ1) is 12.5. The Kier molecular flexibility index (Phi) is 5.09. The molecule has 0 atom stereocenters. The Hall–Kier alpha value is -0.570. The van der Waals surface area contributed by atoms with Crippen molar-refractivity contribution in [2.75, 3.05) is 13.1 Å². The van der Waals surface area contributed by atoms with Crippen molar-refractivity contribution < 1.29 is 0 Å². The first-order valence-corrected chi connectivity index (χ1v) is 5.70. The third-order valence-corrected chi connectivity index (χ3v) is 2.70. The summed E-state index contributed by atoms with van der Waals surface area (Å²) in [6.07, 6.45) is 0. The van der Waals surface area contributed by atoms with Crippen LogP contribution in [0.5, 0.6) is 0 Å². The SMILES string of the molecule is CC(C)N(CCN)Cc1ccc(Cl)cc1. The molecule has 0 unspecified atom stereocenters. The van der Waals surface area contributed by atoms with Crippen molar-refractivity contribution in [2.24, 2.45) is 5.73 Å². The summed E-state index contributed by atoms with van der Waals surface area (Å²) in [5, 5.41) is 0.786. The maximum atomic E-state index is 5.84. The van der Waals surface area contributed by atoms with Gasteiger partial charge in [-0.3, -0.25) is 4.90 Å². The fraction of sp³-hybridized carbons (Fsp3) is 0.500. The zero-order valence-electron chi connectivity index (χ0n) is 9.41. The van der Waals surface area contributed by atoms with E-state index in [1.807, 2.05) is 12.1 Å². The van der Waals surface area contributed by atoms with Gasteiger partial charge in [0, 0.05) is 30.7 Å². The van der Waals surface area contributed by atoms with Crippen LogP contribution in [0.3, 0.4) is 0 Å². The highest BCUT2D eigenvalue weighted by Gasteiger charge is 2.08. The molecule has 0 saturated heterocycles. The molecule has 0 aliphatic rings. The highest BCUT2D eigenvalue weighted by molar-refractivity contribution is 6.30. The monoisotopic (exact) mass is 226 g/mol. The van der Waals surface area contributed by atoms with Gasteiger partial charge in [-0.1, -0.05) is 23.7 Å². The third kappa shape index (κ3) is 4.20. The van der Waals surface area contributed by atoms with Crippen molar-refractivity contribution in [3.8, 4) is 0 Å². The van der Waals surface area contributed by atoms with Gasteiger partial charge in [0.15, 0.2) is 0 Å². The number of nitrogens with two attached hydrogens (primary N) is 1. The van der Waals surface area contributed by atoms with Crippen LogP contribution in [-0.2, 0) is 6.54 Å². The Morgan fingerprint density at radius 2 is 1.87 bits per heavy atom. The molecule has 0 amide bonds. The Bertz CT molecular complexity index is 282. The minimum absolute atomic E-state index is 0.518. The maximum Gasteiger partial charge on any atom is 0.0406 e. The van der Waals surface area contributed by atoms with Gasteiger partial charge in [0.05, 0.1) is 0 Å². The van der Waals surface area contributed by atoms with Crippen LogP contribution in [0.2, 0.25) is 5.02 Å². The second-order valence-corrected chi connectivity index (χ2v) is 4.42. The van der Waals surface area contributed by atoms with Crippen molar-refractivity contribution >= 4 is 11.6 Å². The molecule has 84 valence electrons. The molecule has 15 heavy (non-hydrogen) atoms. The van der Waals surface area contributed by atoms with Gasteiger partial charge in [0.25, 0.3) is 0 Å². The zero-order chi connectivity index (χ0) is 11.3. The summed E-state index contributed by atoms with van der Waals surface area (Å²) in [5.74, 6) is 0. The molecule has 1 aromatic rings. The quantitative estimate of drug-likeness (QED) is 0.836. The standard InChI is InChI=1S/C12H19ClN2/c1-10(2)15(8-7-14)9-11-3-5-12(13)6-4-11/h3-6,10H,7-9,14H2,1-2H3. The predicted octanol–water partition coefficient (Wildman–Crippen LogP) is 2.51. The largest absolute Gasteiger partial charge is 0.329 e. The molecule has 1 aromatic carbocycles. The van der Waals surface area contributed by atoms with E-state index in [2.05, 4.69) is 30.9 Å². The summed E-state index contributed by atoms with van der Waals surface area (Å²) in [4.78, 5) is 2.35. The van der Waals surface area contributed by atoms with Crippen LogP contribution in [0.15, 0.2) is 24.3 Å². The first-order valence-electron chi connectivity index (χ1n) is 5.32. The lowest BCUT2D eigenvalue weighted by Crippen LogP contribution is -2.34. The van der Waals surface area contributed by atoms with Crippen molar-refractivity contribution in [3.05, 3.63) is 34.9 Å². The number of rotatable bonds is 5. The molecule has 2 nitrogen and oxygen atoms in total. The molecule has 0 aromatic heterocycles. The van der Waals surface area contributed by atoms with E-state index in [9.17, 15) is 0 Å². The summed E-state index contributed by atoms with van der Waals surface area (Å²) in [5.41, 5.74) is 6.86. The molecule has 1 rings (SSSR count). The second kappa shape index (κ2) is 6.11. The summed E-state index contributed by atoms with van der Waals surface area (Å²) in [7, 11) is 0. The molecular formula is C12H19ClN2. The van der Waals surface area contributed by atoms with E-state index in [1.165, 1.54) is 5.56 Å². The number of hydrogen-bond donors (Lipinski definition) is 1. The number of benzene rings is 1. The topological polar surface area (TPSA) is 29.3 Å². The van der Waals surface area contributed by atoms with Gasteiger partial charge in [-0.2, -0.15) is 0 Å². The number of halogens is 1. The maximum absolute atomic E-state index is 5.84. The Morgan fingerprint density at radius 3 is 2.33 bits per heavy atom. The number of nitrogens with zero attached hydrogens (tertiary/aromatic N) is 1. The lowest BCUT2D eigenvalue weighted by Gasteiger charge is -2.25. The predicted molar refractivity (Wildman–Crippen MR) is 66.1 cm³/mol. The lowest BCUT2D eigenvalue weighted by molar-refractivity contribution is 0.219. The van der Waals surface area contributed by atoms with Gasteiger partial charge in [-0.05, 0) is 31.5 Å². The van der Waals surface area contributed by atoms with Crippen LogP contribution in [0, 0.1) is 0 Å². The Morgan fingerprint density at radius 1 is 1.27 bits per heavy atom. The molecule has 0 aliphatic heterocycles. The molecule has 0 aliphatic carbocycles. The number of hydrogen-bond acceptors (Lipinski definition) is 2. The van der Waals surface area contributed by atoms with Crippen molar-refractivity contribution in [3.63, 3.8) is 0 Å². The second-order valence-electron chi connectivity index (χ2n) is 3.98. The van der Waals surface area contributed by atoms with Gasteiger partial charge in [0.1, 0.15) is 0 Å². The molecule has 0 spiro atoms. The molecule has 0 radical (unpaired) electrons. The normalized spacial score (nSPS) is 11.3. The highest BCUT2D eigenvalue weighted by Crippen LogP contribution is 2.12. The average Bonchev–Trinajstić information content (AvgIpc) is 2.20. The summed E-state index contributed by atoms with van der Waals surface area (Å²) < 4.78 is 0. The van der Waals surface area contributed by atoms with Crippen LogP contribution in [0.4, 0.5) is 0 Å². The molecule has 0 fully saturated rings. The van der Waals surface area contributed by atoms with Crippen LogP contribution >= 0.6 is 11.6 Å². The highest BCUT2D eigenvalue weighted by atomic mass is 35.5. The lowest BCUT2D eigenvalue weighted by atomic mass is 10.2. The minimum atomic E-state index is 0.518. The third-order valence-electron chi connectivity index (χ3n) is 2.45. The van der Waals surface area contributed by atoms with Gasteiger partial charge in [-0.15, -0.1) is 0 Å². The van der Waals surface area contributed by atoms with Gasteiger partial charge >= 0.3 is 0 Å². The fourth-order valence-corrected chi connectivity index (χ4v) is 1.64.